The Labute approximate surface area is 156 Å². The fraction of sp³-hybridized carbons (Fsp3) is 1.00. The summed E-state index contributed by atoms with van der Waals surface area (Å²) in [6.07, 6.45) is 1.93. The summed E-state index contributed by atoms with van der Waals surface area (Å²) in [5.41, 5.74) is -0.533. The first-order chi connectivity index (χ1) is 9.75. The van der Waals surface area contributed by atoms with E-state index in [-0.39, 0.29) is 40.7 Å². The standard InChI is InChI=1S/2C8H20O2Si.Cu/c2*1-5-7(9)6-8(10)11(2,3)4;/h2*7-10H,5-6H2,1-4H3;. The van der Waals surface area contributed by atoms with E-state index >= 15 is 0 Å². The zero-order valence-electron chi connectivity index (χ0n) is 16.2. The quantitative estimate of drug-likeness (QED) is 0.459. The van der Waals surface area contributed by atoms with Gasteiger partial charge in [0.1, 0.15) is 0 Å². The van der Waals surface area contributed by atoms with Gasteiger partial charge in [0.2, 0.25) is 0 Å². The van der Waals surface area contributed by atoms with Gasteiger partial charge in [-0.25, -0.2) is 0 Å². The second-order valence-corrected chi connectivity index (χ2v) is 19.2. The Hall–Kier alpha value is 0.793. The molecule has 23 heavy (non-hydrogen) atoms. The molecule has 0 aromatic carbocycles. The van der Waals surface area contributed by atoms with Crippen LogP contribution in [0, 0.1) is 0 Å². The Morgan fingerprint density at radius 1 is 0.609 bits per heavy atom. The summed E-state index contributed by atoms with van der Waals surface area (Å²) in [7, 11) is -2.89. The first-order valence-electron chi connectivity index (χ1n) is 8.47. The van der Waals surface area contributed by atoms with Gasteiger partial charge in [0.05, 0.1) is 28.4 Å². The van der Waals surface area contributed by atoms with E-state index < -0.39 is 16.1 Å². The van der Waals surface area contributed by atoms with Gasteiger partial charge in [0.15, 0.2) is 0 Å². The molecular weight excluding hydrogens is 376 g/mol. The summed E-state index contributed by atoms with van der Waals surface area (Å²) in [5, 5.41) is 37.7. The van der Waals surface area contributed by atoms with E-state index in [1.54, 1.807) is 0 Å². The summed E-state index contributed by atoms with van der Waals surface area (Å²) >= 11 is 0. The second kappa shape index (κ2) is 13.1. The van der Waals surface area contributed by atoms with Crippen LogP contribution < -0.4 is 0 Å². The molecule has 0 aliphatic carbocycles. The molecule has 7 heteroatoms. The van der Waals surface area contributed by atoms with Crippen molar-refractivity contribution in [3.63, 3.8) is 0 Å². The molecule has 4 atom stereocenters. The summed E-state index contributed by atoms with van der Waals surface area (Å²) in [6.45, 7) is 16.5. The number of aliphatic hydroxyl groups excluding tert-OH is 4. The molecule has 4 N–H and O–H groups in total. The largest absolute Gasteiger partial charge is 0.396 e. The number of aliphatic hydroxyl groups is 4. The van der Waals surface area contributed by atoms with Gasteiger partial charge in [-0.05, 0) is 25.7 Å². The van der Waals surface area contributed by atoms with E-state index in [0.29, 0.717) is 12.8 Å². The Kier molecular flexibility index (Phi) is 16.2. The van der Waals surface area contributed by atoms with Gasteiger partial charge in [-0.3, -0.25) is 0 Å². The van der Waals surface area contributed by atoms with E-state index in [0.717, 1.165) is 12.8 Å². The molecule has 0 amide bonds. The Balaban J connectivity index is -0.000000333. The molecule has 0 bridgehead atoms. The van der Waals surface area contributed by atoms with Crippen LogP contribution in [-0.2, 0) is 17.1 Å². The van der Waals surface area contributed by atoms with Crippen molar-refractivity contribution in [3.8, 4) is 0 Å². The van der Waals surface area contributed by atoms with Crippen LogP contribution in [-0.4, -0.2) is 60.2 Å². The average Bonchev–Trinajstić information content (AvgIpc) is 2.36. The number of hydrogen-bond acceptors (Lipinski definition) is 4. The Bertz CT molecular complexity index is 252. The van der Waals surface area contributed by atoms with Gasteiger partial charge in [0, 0.05) is 28.5 Å². The van der Waals surface area contributed by atoms with Gasteiger partial charge in [-0.2, -0.15) is 0 Å². The third-order valence-electron chi connectivity index (χ3n) is 3.93. The van der Waals surface area contributed by atoms with Crippen molar-refractivity contribution in [1.82, 2.24) is 0 Å². The fourth-order valence-electron chi connectivity index (χ4n) is 1.56. The number of rotatable bonds is 8. The minimum Gasteiger partial charge on any atom is -0.396 e. The molecule has 0 spiro atoms. The molecule has 1 radical (unpaired) electrons. The zero-order chi connectivity index (χ0) is 18.1. The monoisotopic (exact) mass is 415 g/mol. The van der Waals surface area contributed by atoms with E-state index in [4.69, 9.17) is 0 Å². The van der Waals surface area contributed by atoms with Crippen molar-refractivity contribution in [1.29, 1.82) is 0 Å². The molecule has 0 aliphatic rings. The molecule has 4 nitrogen and oxygen atoms in total. The Morgan fingerprint density at radius 2 is 0.826 bits per heavy atom. The maximum atomic E-state index is 9.59. The second-order valence-electron chi connectivity index (χ2n) is 8.36. The third-order valence-corrected chi connectivity index (χ3v) is 8.40. The van der Waals surface area contributed by atoms with Crippen LogP contribution in [0.3, 0.4) is 0 Å². The molecule has 0 heterocycles. The van der Waals surface area contributed by atoms with Crippen LogP contribution in [0.2, 0.25) is 39.3 Å². The van der Waals surface area contributed by atoms with Gasteiger partial charge >= 0.3 is 0 Å². The molecule has 0 saturated carbocycles. The molecule has 0 fully saturated rings. The fourth-order valence-corrected chi connectivity index (χ4v) is 3.51. The van der Waals surface area contributed by atoms with Gasteiger partial charge in [-0.1, -0.05) is 53.1 Å². The van der Waals surface area contributed by atoms with Crippen LogP contribution in [0.15, 0.2) is 0 Å². The molecule has 4 unspecified atom stereocenters. The van der Waals surface area contributed by atoms with Gasteiger partial charge in [-0.15, -0.1) is 0 Å². The minimum atomic E-state index is -1.44. The van der Waals surface area contributed by atoms with Crippen LogP contribution in [0.1, 0.15) is 39.5 Å². The summed E-state index contributed by atoms with van der Waals surface area (Å²) in [5.74, 6) is 0. The first-order valence-corrected chi connectivity index (χ1v) is 15.6. The molecule has 0 aromatic heterocycles. The van der Waals surface area contributed by atoms with E-state index in [1.807, 2.05) is 13.8 Å². The predicted octanol–water partition coefficient (Wildman–Crippen LogP) is 2.77. The van der Waals surface area contributed by atoms with E-state index in [9.17, 15) is 20.4 Å². The summed E-state index contributed by atoms with van der Waals surface area (Å²) in [6, 6.07) is 0. The first kappa shape index (κ1) is 28.6. The van der Waals surface area contributed by atoms with E-state index in [2.05, 4.69) is 39.3 Å². The van der Waals surface area contributed by atoms with Crippen LogP contribution in [0.5, 0.6) is 0 Å². The van der Waals surface area contributed by atoms with Crippen molar-refractivity contribution < 1.29 is 37.5 Å². The van der Waals surface area contributed by atoms with Gasteiger partial charge < -0.3 is 20.4 Å². The maximum Gasteiger partial charge on any atom is 0.0782 e. The molecular formula is C16H40CuO4Si2. The summed E-state index contributed by atoms with van der Waals surface area (Å²) in [4.78, 5) is 0. The van der Waals surface area contributed by atoms with Crippen molar-refractivity contribution in [2.45, 2.75) is 102 Å². The normalized spacial score (nSPS) is 17.2. The molecule has 0 aromatic rings. The van der Waals surface area contributed by atoms with Crippen LogP contribution >= 0.6 is 0 Å². The molecule has 147 valence electrons. The van der Waals surface area contributed by atoms with Crippen molar-refractivity contribution in [2.75, 3.05) is 0 Å². The van der Waals surface area contributed by atoms with Crippen LogP contribution in [0.25, 0.3) is 0 Å². The zero-order valence-corrected chi connectivity index (χ0v) is 19.2. The SMILES string of the molecule is CCC(O)CC(O)[Si](C)(C)C.CCC(O)CC(O)[Si](C)(C)C.[Cu]. The topological polar surface area (TPSA) is 80.9 Å². The minimum absolute atomic E-state index is 0. The Morgan fingerprint density at radius 3 is 0.957 bits per heavy atom. The summed E-state index contributed by atoms with van der Waals surface area (Å²) < 4.78 is 0. The van der Waals surface area contributed by atoms with Gasteiger partial charge in [0.25, 0.3) is 0 Å². The van der Waals surface area contributed by atoms with Crippen molar-refractivity contribution in [3.05, 3.63) is 0 Å². The maximum absolute atomic E-state index is 9.59. The average molecular weight is 416 g/mol. The van der Waals surface area contributed by atoms with Crippen LogP contribution in [0.4, 0.5) is 0 Å². The molecule has 0 aliphatic heterocycles. The van der Waals surface area contributed by atoms with Crippen molar-refractivity contribution in [2.24, 2.45) is 0 Å². The molecule has 0 saturated heterocycles. The molecule has 0 rings (SSSR count). The smallest absolute Gasteiger partial charge is 0.0782 e. The predicted molar refractivity (Wildman–Crippen MR) is 101 cm³/mol. The van der Waals surface area contributed by atoms with Crippen molar-refractivity contribution >= 4 is 16.1 Å². The third kappa shape index (κ3) is 16.0. The van der Waals surface area contributed by atoms with E-state index in [1.165, 1.54) is 0 Å². The number of hydrogen-bond donors (Lipinski definition) is 4.